The number of hydrogen-bond acceptors (Lipinski definition) is 6. The molecule has 9 nitrogen and oxygen atoms in total. The fraction of sp³-hybridized carbons (Fsp3) is 0.241. The van der Waals surface area contributed by atoms with Gasteiger partial charge in [0.05, 0.1) is 12.6 Å². The number of carbonyl (C=O) groups is 4. The summed E-state index contributed by atoms with van der Waals surface area (Å²) in [5.74, 6) is -1.23. The number of nitrogens with zero attached hydrogens (tertiary/aromatic N) is 2. The van der Waals surface area contributed by atoms with Crippen LogP contribution in [-0.4, -0.2) is 69.6 Å². The maximum absolute atomic E-state index is 13.9. The van der Waals surface area contributed by atoms with Gasteiger partial charge >= 0.3 is 0 Å². The third kappa shape index (κ3) is 5.51. The van der Waals surface area contributed by atoms with Crippen LogP contribution in [0.5, 0.6) is 5.75 Å². The van der Waals surface area contributed by atoms with E-state index in [4.69, 9.17) is 5.73 Å². The number of benzene rings is 3. The molecule has 0 aromatic heterocycles. The van der Waals surface area contributed by atoms with Crippen molar-refractivity contribution in [1.82, 2.24) is 15.1 Å². The second-order valence-electron chi connectivity index (χ2n) is 9.76. The molecule has 5 rings (SSSR count). The highest BCUT2D eigenvalue weighted by Gasteiger charge is 2.52. The molecule has 4 N–H and O–H groups in total. The predicted octanol–water partition coefficient (Wildman–Crippen LogP) is 2.77. The maximum Gasteiger partial charge on any atom is 0.254 e. The number of fused-ring (bicyclic) bond motifs is 1. The number of phenolic OH excluding ortho intramolecular Hbond substituents is 1. The van der Waals surface area contributed by atoms with Gasteiger partial charge in [-0.2, -0.15) is 0 Å². The topological polar surface area (TPSA) is 133 Å². The summed E-state index contributed by atoms with van der Waals surface area (Å²) in [5.41, 5.74) is 7.81. The summed E-state index contributed by atoms with van der Waals surface area (Å²) in [7, 11) is 0. The van der Waals surface area contributed by atoms with Crippen molar-refractivity contribution in [3.8, 4) is 5.75 Å². The Hall–Kier alpha value is -4.18. The number of ketones is 1. The van der Waals surface area contributed by atoms with Crippen LogP contribution in [-0.2, 0) is 16.0 Å². The highest BCUT2D eigenvalue weighted by molar-refractivity contribution is 9.10. The number of amides is 3. The van der Waals surface area contributed by atoms with Gasteiger partial charge < -0.3 is 26.0 Å². The average molecular weight is 591 g/mol. The quantitative estimate of drug-likeness (QED) is 0.378. The van der Waals surface area contributed by atoms with Gasteiger partial charge in [-0.05, 0) is 66.6 Å². The molecule has 0 aliphatic carbocycles. The maximum atomic E-state index is 13.9. The lowest BCUT2D eigenvalue weighted by atomic mass is 10.0. The highest BCUT2D eigenvalue weighted by Crippen LogP contribution is 2.32. The molecule has 0 spiro atoms. The van der Waals surface area contributed by atoms with Gasteiger partial charge in [0.25, 0.3) is 11.8 Å². The molecule has 2 aliphatic heterocycles. The number of halogens is 1. The summed E-state index contributed by atoms with van der Waals surface area (Å²) in [4.78, 5) is 56.4. The van der Waals surface area contributed by atoms with Gasteiger partial charge in [-0.15, -0.1) is 0 Å². The van der Waals surface area contributed by atoms with E-state index in [0.29, 0.717) is 23.2 Å². The number of likely N-dealkylation sites (tertiary alicyclic amines) is 2. The summed E-state index contributed by atoms with van der Waals surface area (Å²) < 4.78 is 0.723. The number of nitrogen functional groups attached to an aromatic ring is 1. The number of nitrogens with one attached hydrogen (secondary N) is 1. The van der Waals surface area contributed by atoms with Crippen molar-refractivity contribution in [2.24, 2.45) is 0 Å². The first-order valence-corrected chi connectivity index (χ1v) is 13.3. The molecule has 200 valence electrons. The first-order chi connectivity index (χ1) is 18.7. The molecule has 3 aromatic rings. The number of phenols is 1. The van der Waals surface area contributed by atoms with Gasteiger partial charge in [-0.1, -0.05) is 34.1 Å². The molecular formula is C29H27BrN4O5. The standard InChI is InChI=1S/C29H27BrN4O5/c30-20-3-1-2-19(15-20)27(37)32-23(14-17-4-10-22(35)11-5-17)29(39)33-13-12-24-26(33)25(36)16-34(24)28(38)18-6-8-21(31)9-7-18/h1-11,15,23-24,26,35H,12-14,16,31H2,(H,32,37). The van der Waals surface area contributed by atoms with Crippen LogP contribution in [0.1, 0.15) is 32.7 Å². The number of nitrogens with two attached hydrogens (primary N) is 1. The minimum absolute atomic E-state index is 0.0876. The van der Waals surface area contributed by atoms with E-state index in [1.807, 2.05) is 0 Å². The van der Waals surface area contributed by atoms with Gasteiger partial charge in [0, 0.05) is 34.3 Å². The molecule has 2 heterocycles. The Bertz CT molecular complexity index is 1430. The molecule has 3 amide bonds. The Labute approximate surface area is 233 Å². The zero-order chi connectivity index (χ0) is 27.7. The summed E-state index contributed by atoms with van der Waals surface area (Å²) >= 11 is 3.36. The number of anilines is 1. The minimum atomic E-state index is -0.963. The van der Waals surface area contributed by atoms with Crippen LogP contribution in [0.4, 0.5) is 5.69 Å². The normalized spacial score (nSPS) is 19.1. The molecule has 39 heavy (non-hydrogen) atoms. The van der Waals surface area contributed by atoms with Crippen molar-refractivity contribution in [3.05, 3.63) is 94.0 Å². The van der Waals surface area contributed by atoms with Crippen molar-refractivity contribution in [2.75, 3.05) is 18.8 Å². The lowest BCUT2D eigenvalue weighted by Crippen LogP contribution is -2.53. The van der Waals surface area contributed by atoms with Crippen molar-refractivity contribution in [1.29, 1.82) is 0 Å². The Balaban J connectivity index is 1.38. The van der Waals surface area contributed by atoms with Crippen molar-refractivity contribution >= 4 is 45.1 Å². The van der Waals surface area contributed by atoms with Crippen LogP contribution >= 0.6 is 15.9 Å². The lowest BCUT2D eigenvalue weighted by molar-refractivity contribution is -0.138. The number of rotatable bonds is 6. The first-order valence-electron chi connectivity index (χ1n) is 12.6. The van der Waals surface area contributed by atoms with Crippen molar-refractivity contribution in [3.63, 3.8) is 0 Å². The van der Waals surface area contributed by atoms with Gasteiger partial charge in [0.1, 0.15) is 17.8 Å². The fourth-order valence-electron chi connectivity index (χ4n) is 5.27. The Morgan fingerprint density at radius 3 is 2.41 bits per heavy atom. The molecule has 2 aliphatic rings. The molecule has 10 heteroatoms. The van der Waals surface area contributed by atoms with Gasteiger partial charge in [-0.25, -0.2) is 0 Å². The zero-order valence-electron chi connectivity index (χ0n) is 20.9. The minimum Gasteiger partial charge on any atom is -0.508 e. The molecule has 3 unspecified atom stereocenters. The van der Waals surface area contributed by atoms with E-state index in [9.17, 15) is 24.3 Å². The van der Waals surface area contributed by atoms with E-state index >= 15 is 0 Å². The zero-order valence-corrected chi connectivity index (χ0v) is 22.5. The van der Waals surface area contributed by atoms with E-state index < -0.39 is 29.9 Å². The number of aromatic hydroxyl groups is 1. The molecule has 3 aromatic carbocycles. The Morgan fingerprint density at radius 2 is 1.72 bits per heavy atom. The first kappa shape index (κ1) is 26.4. The highest BCUT2D eigenvalue weighted by atomic mass is 79.9. The van der Waals surface area contributed by atoms with Crippen LogP contribution in [0, 0.1) is 0 Å². The molecule has 0 bridgehead atoms. The monoisotopic (exact) mass is 590 g/mol. The molecule has 2 fully saturated rings. The summed E-state index contributed by atoms with van der Waals surface area (Å²) in [6, 6.07) is 17.5. The summed E-state index contributed by atoms with van der Waals surface area (Å²) in [6.45, 7) is 0.194. The number of carbonyl (C=O) groups excluding carboxylic acids is 4. The van der Waals surface area contributed by atoms with E-state index in [1.165, 1.54) is 21.9 Å². The smallest absolute Gasteiger partial charge is 0.254 e. The molecule has 0 radical (unpaired) electrons. The molecule has 0 saturated carbocycles. The predicted molar refractivity (Wildman–Crippen MR) is 148 cm³/mol. The molecule has 3 atom stereocenters. The van der Waals surface area contributed by atoms with Gasteiger partial charge in [0.2, 0.25) is 5.91 Å². The van der Waals surface area contributed by atoms with Crippen LogP contribution in [0.25, 0.3) is 0 Å². The van der Waals surface area contributed by atoms with E-state index in [1.54, 1.807) is 60.7 Å². The average Bonchev–Trinajstić information content (AvgIpc) is 3.50. The lowest BCUT2D eigenvalue weighted by Gasteiger charge is -2.28. The Morgan fingerprint density at radius 1 is 1.00 bits per heavy atom. The van der Waals surface area contributed by atoms with E-state index in [0.717, 1.165) is 10.0 Å². The van der Waals surface area contributed by atoms with Crippen LogP contribution in [0.3, 0.4) is 0 Å². The largest absolute Gasteiger partial charge is 0.508 e. The Kier molecular flexibility index (Phi) is 7.38. The van der Waals surface area contributed by atoms with Crippen molar-refractivity contribution in [2.45, 2.75) is 31.0 Å². The number of hydrogen-bond donors (Lipinski definition) is 3. The van der Waals surface area contributed by atoms with E-state index in [-0.39, 0.29) is 37.0 Å². The van der Waals surface area contributed by atoms with Gasteiger partial charge in [-0.3, -0.25) is 19.2 Å². The van der Waals surface area contributed by atoms with Crippen LogP contribution in [0.2, 0.25) is 0 Å². The fourth-order valence-corrected chi connectivity index (χ4v) is 5.67. The second-order valence-corrected chi connectivity index (χ2v) is 10.7. The summed E-state index contributed by atoms with van der Waals surface area (Å²) in [6.07, 6.45) is 0.614. The van der Waals surface area contributed by atoms with E-state index in [2.05, 4.69) is 21.2 Å². The summed E-state index contributed by atoms with van der Waals surface area (Å²) in [5, 5.41) is 12.5. The van der Waals surface area contributed by atoms with Crippen LogP contribution in [0.15, 0.2) is 77.3 Å². The second kappa shape index (κ2) is 10.9. The molecule has 2 saturated heterocycles. The van der Waals surface area contributed by atoms with Crippen LogP contribution < -0.4 is 11.1 Å². The number of Topliss-reactive ketones (excluding diaryl/α,β-unsaturated/α-hetero) is 1. The third-order valence-corrected chi connectivity index (χ3v) is 7.68. The SMILES string of the molecule is Nc1ccc(C(=O)N2CC(=O)C3C2CCN3C(=O)C(Cc2ccc(O)cc2)NC(=O)c2cccc(Br)c2)cc1. The van der Waals surface area contributed by atoms with Crippen molar-refractivity contribution < 1.29 is 24.3 Å². The van der Waals surface area contributed by atoms with Gasteiger partial charge in [0.15, 0.2) is 5.78 Å². The molecular weight excluding hydrogens is 564 g/mol. The third-order valence-electron chi connectivity index (χ3n) is 7.19.